The number of hydrogen-bond acceptors (Lipinski definition) is 3. The molecule has 1 aromatic carbocycles. The first kappa shape index (κ1) is 13.5. The van der Waals surface area contributed by atoms with Crippen LogP contribution in [0.1, 0.15) is 36.8 Å². The van der Waals surface area contributed by atoms with Crippen LogP contribution in [0.4, 0.5) is 10.1 Å². The smallest absolute Gasteiger partial charge is 0.124 e. The fourth-order valence-electron chi connectivity index (χ4n) is 3.83. The average Bonchev–Trinajstić information content (AvgIpc) is 3.24. The Morgan fingerprint density at radius 2 is 2.14 bits per heavy atom. The summed E-state index contributed by atoms with van der Waals surface area (Å²) in [6.45, 7) is 3.79. The molecule has 1 aliphatic heterocycles. The summed E-state index contributed by atoms with van der Waals surface area (Å²) in [5.74, 6) is -0.263. The molecular formula is C18H18FN3. The van der Waals surface area contributed by atoms with Crippen molar-refractivity contribution in [3.8, 4) is 6.07 Å². The number of benzene rings is 1. The van der Waals surface area contributed by atoms with Gasteiger partial charge in [-0.3, -0.25) is 4.98 Å². The molecule has 1 saturated heterocycles. The van der Waals surface area contributed by atoms with Gasteiger partial charge < -0.3 is 4.90 Å². The van der Waals surface area contributed by atoms with Crippen molar-refractivity contribution >= 4 is 16.6 Å². The molecule has 1 spiro atoms. The first-order valence-corrected chi connectivity index (χ1v) is 7.86. The lowest BCUT2D eigenvalue weighted by molar-refractivity contribution is 0.395. The van der Waals surface area contributed by atoms with Crippen molar-refractivity contribution in [1.29, 1.82) is 5.26 Å². The number of aryl methyl sites for hydroxylation is 1. The molecule has 0 N–H and O–H groups in total. The highest BCUT2D eigenvalue weighted by molar-refractivity contribution is 5.96. The average molecular weight is 295 g/mol. The Balaban J connectivity index is 1.92. The lowest BCUT2D eigenvalue weighted by atomic mass is 9.93. The molecule has 2 aliphatic rings. The van der Waals surface area contributed by atoms with Crippen molar-refractivity contribution in [2.45, 2.75) is 32.6 Å². The topological polar surface area (TPSA) is 39.9 Å². The van der Waals surface area contributed by atoms with Gasteiger partial charge in [0.25, 0.3) is 0 Å². The molecule has 112 valence electrons. The number of aromatic nitrogens is 1. The fraction of sp³-hybridized carbons (Fsp3) is 0.444. The van der Waals surface area contributed by atoms with Gasteiger partial charge in [-0.05, 0) is 55.7 Å². The highest BCUT2D eigenvalue weighted by Gasteiger charge is 2.45. The number of fused-ring (bicyclic) bond motifs is 1. The van der Waals surface area contributed by atoms with Gasteiger partial charge in [0.05, 0.1) is 16.8 Å². The quantitative estimate of drug-likeness (QED) is 0.800. The van der Waals surface area contributed by atoms with Gasteiger partial charge in [-0.2, -0.15) is 5.26 Å². The second kappa shape index (κ2) is 4.67. The third kappa shape index (κ3) is 2.04. The Morgan fingerprint density at radius 1 is 1.32 bits per heavy atom. The summed E-state index contributed by atoms with van der Waals surface area (Å²) in [6, 6.07) is 5.28. The van der Waals surface area contributed by atoms with Gasteiger partial charge in [0.15, 0.2) is 0 Å². The van der Waals surface area contributed by atoms with Crippen molar-refractivity contribution < 1.29 is 4.39 Å². The molecular weight excluding hydrogens is 277 g/mol. The van der Waals surface area contributed by atoms with Crippen LogP contribution in [0.3, 0.4) is 0 Å². The summed E-state index contributed by atoms with van der Waals surface area (Å²) in [5.41, 5.74) is 3.49. The zero-order valence-electron chi connectivity index (χ0n) is 12.7. The molecule has 0 bridgehead atoms. The molecule has 1 aliphatic carbocycles. The molecule has 0 atom stereocenters. The molecule has 0 unspecified atom stereocenters. The molecule has 3 nitrogen and oxygen atoms in total. The van der Waals surface area contributed by atoms with Crippen molar-refractivity contribution in [3.05, 3.63) is 35.3 Å². The predicted octanol–water partition coefficient (Wildman–Crippen LogP) is 3.93. The molecule has 4 rings (SSSR count). The minimum absolute atomic E-state index is 0.263. The van der Waals surface area contributed by atoms with Crippen molar-refractivity contribution in [2.75, 3.05) is 18.0 Å². The van der Waals surface area contributed by atoms with Gasteiger partial charge in [0, 0.05) is 24.7 Å². The zero-order valence-corrected chi connectivity index (χ0v) is 12.7. The van der Waals surface area contributed by atoms with E-state index in [4.69, 9.17) is 0 Å². The maximum absolute atomic E-state index is 13.9. The van der Waals surface area contributed by atoms with Crippen molar-refractivity contribution in [1.82, 2.24) is 4.98 Å². The Morgan fingerprint density at radius 3 is 2.86 bits per heavy atom. The summed E-state index contributed by atoms with van der Waals surface area (Å²) in [5, 5.41) is 10.3. The molecule has 1 saturated carbocycles. The van der Waals surface area contributed by atoms with E-state index in [0.717, 1.165) is 41.7 Å². The predicted molar refractivity (Wildman–Crippen MR) is 84.3 cm³/mol. The maximum atomic E-state index is 13.9. The molecule has 2 heterocycles. The second-order valence-corrected chi connectivity index (χ2v) is 6.78. The third-order valence-corrected chi connectivity index (χ3v) is 5.15. The maximum Gasteiger partial charge on any atom is 0.124 e. The molecule has 2 aromatic rings. The second-order valence-electron chi connectivity index (χ2n) is 6.78. The van der Waals surface area contributed by atoms with Crippen LogP contribution < -0.4 is 4.90 Å². The molecule has 2 fully saturated rings. The van der Waals surface area contributed by atoms with Gasteiger partial charge >= 0.3 is 0 Å². The molecule has 0 amide bonds. The van der Waals surface area contributed by atoms with E-state index in [1.54, 1.807) is 6.20 Å². The summed E-state index contributed by atoms with van der Waals surface area (Å²) in [4.78, 5) is 6.67. The Labute approximate surface area is 129 Å². The molecule has 4 heteroatoms. The van der Waals surface area contributed by atoms with Crippen LogP contribution in [0.5, 0.6) is 0 Å². The summed E-state index contributed by atoms with van der Waals surface area (Å²) < 4.78 is 13.9. The lowest BCUT2D eigenvalue weighted by Crippen LogP contribution is -2.37. The van der Waals surface area contributed by atoms with E-state index < -0.39 is 0 Å². The number of anilines is 1. The first-order chi connectivity index (χ1) is 10.6. The van der Waals surface area contributed by atoms with Gasteiger partial charge in [-0.25, -0.2) is 4.39 Å². The number of halogens is 1. The van der Waals surface area contributed by atoms with Gasteiger partial charge in [0.2, 0.25) is 0 Å². The largest absolute Gasteiger partial charge is 0.369 e. The third-order valence-electron chi connectivity index (χ3n) is 5.15. The zero-order chi connectivity index (χ0) is 15.3. The van der Waals surface area contributed by atoms with Crippen LogP contribution in [-0.4, -0.2) is 18.1 Å². The monoisotopic (exact) mass is 295 g/mol. The van der Waals surface area contributed by atoms with Crippen LogP contribution in [0, 0.1) is 29.5 Å². The van der Waals surface area contributed by atoms with Crippen LogP contribution in [-0.2, 0) is 0 Å². The number of nitrogens with zero attached hydrogens (tertiary/aromatic N) is 3. The van der Waals surface area contributed by atoms with Crippen LogP contribution in [0.2, 0.25) is 0 Å². The van der Waals surface area contributed by atoms with E-state index in [2.05, 4.69) is 16.0 Å². The highest BCUT2D eigenvalue weighted by Crippen LogP contribution is 2.53. The van der Waals surface area contributed by atoms with E-state index in [0.29, 0.717) is 11.0 Å². The number of piperidine rings is 1. The SMILES string of the molecule is Cc1cc(F)cc2c(N3CCCC4(CC4)C3)c(C#N)cnc12. The van der Waals surface area contributed by atoms with E-state index in [1.807, 2.05) is 6.92 Å². The van der Waals surface area contributed by atoms with Crippen molar-refractivity contribution in [2.24, 2.45) is 5.41 Å². The minimum Gasteiger partial charge on any atom is -0.369 e. The molecule has 22 heavy (non-hydrogen) atoms. The molecule has 0 radical (unpaired) electrons. The highest BCUT2D eigenvalue weighted by atomic mass is 19.1. The summed E-state index contributed by atoms with van der Waals surface area (Å²) in [7, 11) is 0. The number of rotatable bonds is 1. The van der Waals surface area contributed by atoms with Gasteiger partial charge in [-0.15, -0.1) is 0 Å². The lowest BCUT2D eigenvalue weighted by Gasteiger charge is -2.35. The van der Waals surface area contributed by atoms with Gasteiger partial charge in [-0.1, -0.05) is 0 Å². The van der Waals surface area contributed by atoms with E-state index in [-0.39, 0.29) is 5.82 Å². The minimum atomic E-state index is -0.263. The standard InChI is InChI=1S/C18H18FN3/c1-12-7-14(19)8-15-16(12)21-10-13(9-20)17(15)22-6-2-3-18(11-22)4-5-18/h7-8,10H,2-6,11H2,1H3. The van der Waals surface area contributed by atoms with Crippen LogP contribution in [0.25, 0.3) is 10.9 Å². The Bertz CT molecular complexity index is 802. The number of nitriles is 1. The fourth-order valence-corrected chi connectivity index (χ4v) is 3.83. The van der Waals surface area contributed by atoms with E-state index in [9.17, 15) is 9.65 Å². The summed E-state index contributed by atoms with van der Waals surface area (Å²) >= 11 is 0. The Hall–Kier alpha value is -2.15. The number of hydrogen-bond donors (Lipinski definition) is 0. The van der Waals surface area contributed by atoms with E-state index >= 15 is 0 Å². The van der Waals surface area contributed by atoms with Crippen molar-refractivity contribution in [3.63, 3.8) is 0 Å². The van der Waals surface area contributed by atoms with E-state index in [1.165, 1.54) is 31.4 Å². The first-order valence-electron chi connectivity index (χ1n) is 7.86. The van der Waals surface area contributed by atoms with Crippen LogP contribution in [0.15, 0.2) is 18.3 Å². The number of pyridine rings is 1. The normalized spacial score (nSPS) is 19.4. The van der Waals surface area contributed by atoms with Crippen LogP contribution >= 0.6 is 0 Å². The Kier molecular flexibility index (Phi) is 2.87. The molecule has 1 aromatic heterocycles. The summed E-state index contributed by atoms with van der Waals surface area (Å²) in [6.07, 6.45) is 6.62. The van der Waals surface area contributed by atoms with Gasteiger partial charge in [0.1, 0.15) is 11.9 Å².